The number of rotatable bonds is 4. The van der Waals surface area contributed by atoms with E-state index in [1.807, 2.05) is 54.6 Å². The Labute approximate surface area is 146 Å². The summed E-state index contributed by atoms with van der Waals surface area (Å²) in [6.45, 7) is 0. The third-order valence-corrected chi connectivity index (χ3v) is 3.50. The van der Waals surface area contributed by atoms with Crippen LogP contribution in [0.1, 0.15) is 11.1 Å². The van der Waals surface area contributed by atoms with Crippen LogP contribution in [0.25, 0.3) is 0 Å². The van der Waals surface area contributed by atoms with Crippen LogP contribution in [-0.2, 0) is 0 Å². The van der Waals surface area contributed by atoms with E-state index in [-0.39, 0.29) is 0 Å². The molecule has 4 nitrogen and oxygen atoms in total. The molecule has 3 aromatic rings. The number of benzene rings is 3. The molecule has 0 heterocycles. The lowest BCUT2D eigenvalue weighted by atomic mass is 10.2. The first kappa shape index (κ1) is 16.3. The second-order valence-electron chi connectivity index (χ2n) is 5.22. The molecule has 0 fully saturated rings. The second kappa shape index (κ2) is 7.80. The minimum atomic E-state index is 0.454. The molecule has 3 rings (SSSR count). The highest BCUT2D eigenvalue weighted by Crippen LogP contribution is 2.20. The minimum Gasteiger partial charge on any atom is -0.497 e. The summed E-state index contributed by atoms with van der Waals surface area (Å²) in [4.78, 5) is 4.62. The molecule has 0 spiro atoms. The van der Waals surface area contributed by atoms with Gasteiger partial charge in [0.1, 0.15) is 11.5 Å². The molecule has 0 atom stereocenters. The fourth-order valence-electron chi connectivity index (χ4n) is 2.23. The summed E-state index contributed by atoms with van der Waals surface area (Å²) in [5.41, 5.74) is 2.16. The summed E-state index contributed by atoms with van der Waals surface area (Å²) in [7, 11) is 1.62. The average molecular weight is 328 g/mol. The number of hydrogen-bond acceptors (Lipinski definition) is 4. The van der Waals surface area contributed by atoms with E-state index >= 15 is 0 Å². The van der Waals surface area contributed by atoms with Gasteiger partial charge in [-0.1, -0.05) is 24.3 Å². The Hall–Kier alpha value is -3.58. The Morgan fingerprint density at radius 1 is 0.880 bits per heavy atom. The van der Waals surface area contributed by atoms with Gasteiger partial charge < -0.3 is 9.47 Å². The van der Waals surface area contributed by atoms with Gasteiger partial charge in [-0.15, -0.1) is 0 Å². The van der Waals surface area contributed by atoms with Gasteiger partial charge in [0.2, 0.25) is 5.90 Å². The minimum absolute atomic E-state index is 0.454. The molecule has 0 saturated heterocycles. The molecule has 0 N–H and O–H groups in total. The Kier molecular flexibility index (Phi) is 5.08. The molecule has 0 bridgehead atoms. The topological polar surface area (TPSA) is 54.6 Å². The van der Waals surface area contributed by atoms with Crippen LogP contribution in [0.4, 0.5) is 5.69 Å². The van der Waals surface area contributed by atoms with Gasteiger partial charge in [-0.25, -0.2) is 4.99 Å². The van der Waals surface area contributed by atoms with Crippen LogP contribution < -0.4 is 9.47 Å². The number of nitriles is 1. The van der Waals surface area contributed by atoms with E-state index in [9.17, 15) is 0 Å². The summed E-state index contributed by atoms with van der Waals surface area (Å²) in [6, 6.07) is 26.1. The maximum atomic E-state index is 8.91. The van der Waals surface area contributed by atoms with Crippen LogP contribution in [-0.4, -0.2) is 13.0 Å². The molecule has 0 aromatic heterocycles. The molecule has 3 aromatic carbocycles. The van der Waals surface area contributed by atoms with Crippen molar-refractivity contribution in [1.29, 1.82) is 5.26 Å². The molecule has 0 unspecified atom stereocenters. The standard InChI is InChI=1S/C21H16N2O2/c1-24-20-9-5-6-17(14-20)21(23-18-7-3-2-4-8-18)25-19-12-10-16(15-22)11-13-19/h2-14H,1H3. The van der Waals surface area contributed by atoms with E-state index in [1.165, 1.54) is 0 Å². The predicted molar refractivity (Wildman–Crippen MR) is 97.4 cm³/mol. The maximum Gasteiger partial charge on any atom is 0.227 e. The van der Waals surface area contributed by atoms with Crippen molar-refractivity contribution in [2.24, 2.45) is 4.99 Å². The van der Waals surface area contributed by atoms with Crippen LogP contribution in [0, 0.1) is 11.3 Å². The molecule has 0 amide bonds. The van der Waals surface area contributed by atoms with Crippen LogP contribution in [0.3, 0.4) is 0 Å². The van der Waals surface area contributed by atoms with Gasteiger partial charge in [-0.3, -0.25) is 0 Å². The number of hydrogen-bond donors (Lipinski definition) is 0. The molecule has 0 aliphatic carbocycles. The summed E-state index contributed by atoms with van der Waals surface area (Å²) >= 11 is 0. The zero-order valence-electron chi connectivity index (χ0n) is 13.7. The van der Waals surface area contributed by atoms with Crippen LogP contribution >= 0.6 is 0 Å². The fourth-order valence-corrected chi connectivity index (χ4v) is 2.23. The van der Waals surface area contributed by atoms with Gasteiger partial charge in [0, 0.05) is 5.56 Å². The Bertz CT molecular complexity index is 911. The quantitative estimate of drug-likeness (QED) is 0.514. The summed E-state index contributed by atoms with van der Waals surface area (Å²) in [5, 5.41) is 8.91. The van der Waals surface area contributed by atoms with E-state index in [0.29, 0.717) is 17.2 Å². The van der Waals surface area contributed by atoms with Crippen LogP contribution in [0.15, 0.2) is 83.9 Å². The molecular weight excluding hydrogens is 312 g/mol. The third-order valence-electron chi connectivity index (χ3n) is 3.50. The summed E-state index contributed by atoms with van der Waals surface area (Å²) in [6.07, 6.45) is 0. The molecule has 25 heavy (non-hydrogen) atoms. The first-order valence-electron chi connectivity index (χ1n) is 7.74. The van der Waals surface area contributed by atoms with E-state index in [2.05, 4.69) is 11.1 Å². The van der Waals surface area contributed by atoms with E-state index in [0.717, 1.165) is 17.0 Å². The van der Waals surface area contributed by atoms with Crippen LogP contribution in [0.5, 0.6) is 11.5 Å². The number of para-hydroxylation sites is 1. The monoisotopic (exact) mass is 328 g/mol. The van der Waals surface area contributed by atoms with E-state index in [4.69, 9.17) is 14.7 Å². The van der Waals surface area contributed by atoms with Crippen molar-refractivity contribution < 1.29 is 9.47 Å². The highest BCUT2D eigenvalue weighted by molar-refractivity contribution is 5.97. The smallest absolute Gasteiger partial charge is 0.227 e. The molecule has 0 radical (unpaired) electrons. The first-order chi connectivity index (χ1) is 12.3. The van der Waals surface area contributed by atoms with Gasteiger partial charge in [0.15, 0.2) is 0 Å². The van der Waals surface area contributed by atoms with E-state index < -0.39 is 0 Å². The van der Waals surface area contributed by atoms with Crippen molar-refractivity contribution in [1.82, 2.24) is 0 Å². The van der Waals surface area contributed by atoms with Crippen LogP contribution in [0.2, 0.25) is 0 Å². The van der Waals surface area contributed by atoms with Crippen molar-refractivity contribution >= 4 is 11.6 Å². The van der Waals surface area contributed by atoms with Crippen molar-refractivity contribution in [2.75, 3.05) is 7.11 Å². The Morgan fingerprint density at radius 2 is 1.64 bits per heavy atom. The van der Waals surface area contributed by atoms with Gasteiger partial charge >= 0.3 is 0 Å². The van der Waals surface area contributed by atoms with Gasteiger partial charge in [0.25, 0.3) is 0 Å². The molecule has 0 aliphatic heterocycles. The average Bonchev–Trinajstić information content (AvgIpc) is 2.69. The number of methoxy groups -OCH3 is 1. The lowest BCUT2D eigenvalue weighted by molar-refractivity contribution is 0.414. The highest BCUT2D eigenvalue weighted by atomic mass is 16.5. The second-order valence-corrected chi connectivity index (χ2v) is 5.22. The molecule has 0 aliphatic rings. The van der Waals surface area contributed by atoms with E-state index in [1.54, 1.807) is 31.4 Å². The third kappa shape index (κ3) is 4.24. The molecule has 4 heteroatoms. The zero-order valence-corrected chi connectivity index (χ0v) is 13.7. The molecule has 0 saturated carbocycles. The summed E-state index contributed by atoms with van der Waals surface area (Å²) in [5.74, 6) is 1.79. The van der Waals surface area contributed by atoms with Crippen molar-refractivity contribution in [3.8, 4) is 17.6 Å². The molecule has 122 valence electrons. The number of ether oxygens (including phenoxy) is 2. The van der Waals surface area contributed by atoms with Crippen molar-refractivity contribution in [3.05, 3.63) is 90.0 Å². The lowest BCUT2D eigenvalue weighted by Crippen LogP contribution is -2.10. The van der Waals surface area contributed by atoms with Gasteiger partial charge in [0.05, 0.1) is 24.4 Å². The summed E-state index contributed by atoms with van der Waals surface area (Å²) < 4.78 is 11.3. The largest absolute Gasteiger partial charge is 0.497 e. The fraction of sp³-hybridized carbons (Fsp3) is 0.0476. The highest BCUT2D eigenvalue weighted by Gasteiger charge is 2.09. The maximum absolute atomic E-state index is 8.91. The normalized spacial score (nSPS) is 10.8. The first-order valence-corrected chi connectivity index (χ1v) is 7.74. The predicted octanol–water partition coefficient (Wildman–Crippen LogP) is 4.72. The van der Waals surface area contributed by atoms with Crippen molar-refractivity contribution in [3.63, 3.8) is 0 Å². The van der Waals surface area contributed by atoms with Gasteiger partial charge in [-0.2, -0.15) is 5.26 Å². The molecular formula is C21H16N2O2. The van der Waals surface area contributed by atoms with Gasteiger partial charge in [-0.05, 0) is 54.6 Å². The lowest BCUT2D eigenvalue weighted by Gasteiger charge is -2.11. The van der Waals surface area contributed by atoms with Crippen molar-refractivity contribution in [2.45, 2.75) is 0 Å². The zero-order chi connectivity index (χ0) is 17.5. The SMILES string of the molecule is COc1cccc(C(=Nc2ccccc2)Oc2ccc(C#N)cc2)c1. The number of aliphatic imine (C=N–C) groups is 1. The Balaban J connectivity index is 1.99. The Morgan fingerprint density at radius 3 is 2.32 bits per heavy atom. The number of nitrogens with zero attached hydrogens (tertiary/aromatic N) is 2.